The van der Waals surface area contributed by atoms with Gasteiger partial charge in [0.1, 0.15) is 40.4 Å². The number of hydrogen-bond acceptors (Lipinski definition) is 16. The lowest BCUT2D eigenvalue weighted by Crippen LogP contribution is -2.47. The number of hydrogen-bond donors (Lipinski definition) is 5. The highest BCUT2D eigenvalue weighted by atomic mass is 16.7. The number of carbonyl (C=O) groups excluding carboxylic acids is 4. The van der Waals surface area contributed by atoms with E-state index in [1.807, 2.05) is 6.92 Å². The Kier molecular flexibility index (Phi) is 16.2. The van der Waals surface area contributed by atoms with E-state index in [0.717, 1.165) is 6.54 Å². The zero-order chi connectivity index (χ0) is 50.9. The van der Waals surface area contributed by atoms with Gasteiger partial charge in [0.25, 0.3) is 11.7 Å². The fraction of sp³-hybridized carbons (Fsp3) is 0.577. The number of esters is 1. The summed E-state index contributed by atoms with van der Waals surface area (Å²) in [5.74, 6) is -8.90. The van der Waals surface area contributed by atoms with Gasteiger partial charge in [0, 0.05) is 99.1 Å². The predicted octanol–water partition coefficient (Wildman–Crippen LogP) is 5.71. The first-order chi connectivity index (χ1) is 32.5. The molecule has 1 spiro atoms. The zero-order valence-corrected chi connectivity index (χ0v) is 41.9. The highest BCUT2D eigenvalue weighted by molar-refractivity contribution is 6.21. The Labute approximate surface area is 404 Å². The largest absolute Gasteiger partial charge is 0.507 e. The van der Waals surface area contributed by atoms with Crippen molar-refractivity contribution in [3.63, 3.8) is 0 Å². The summed E-state index contributed by atoms with van der Waals surface area (Å²) in [5.41, 5.74) is -0.233. The molecule has 0 saturated carbocycles. The first-order valence-corrected chi connectivity index (χ1v) is 24.1. The minimum Gasteiger partial charge on any atom is -0.507 e. The number of aromatic hydroxyl groups is 2. The second-order valence-corrected chi connectivity index (χ2v) is 20.0. The molecule has 17 heteroatoms. The van der Waals surface area contributed by atoms with Gasteiger partial charge in [-0.05, 0) is 32.3 Å². The van der Waals surface area contributed by atoms with Crippen molar-refractivity contribution in [2.75, 3.05) is 38.5 Å². The van der Waals surface area contributed by atoms with Gasteiger partial charge in [0.05, 0.1) is 35.1 Å². The number of aliphatic hydroxyl groups excluding tert-OH is 2. The highest BCUT2D eigenvalue weighted by Crippen LogP contribution is 2.51. The molecular formula is C52H71N5O12. The summed E-state index contributed by atoms with van der Waals surface area (Å²) in [5, 5.41) is 52.4. The SMILES string of the molecule is C=C[C@H]1/C=C/O[C@@]2(C)Oc3c(C)c(O)c4c(O)c(c5c(c4c3C2=O)NC2(CCN(CC(C)C)CC2)N=5)=NC(=O)/C(C)=C\C=C\[C@H](C)[C@H](O)[C@@H](C)[C@@H](O)[C@@H](C)[C@H](OC(=O)CC(=O)ON(C)CCC)[C@@H]1C. The van der Waals surface area contributed by atoms with E-state index in [2.05, 4.69) is 35.6 Å². The number of ketones is 1. The van der Waals surface area contributed by atoms with Crippen molar-refractivity contribution in [3.05, 3.63) is 70.6 Å². The molecule has 9 atom stereocenters. The summed E-state index contributed by atoms with van der Waals surface area (Å²) in [6, 6.07) is 0. The monoisotopic (exact) mass is 958 g/mol. The number of hydroxylamine groups is 2. The van der Waals surface area contributed by atoms with Gasteiger partial charge in [-0.25, -0.2) is 9.79 Å². The molecule has 4 heterocycles. The topological polar surface area (TPSA) is 229 Å². The maximum atomic E-state index is 14.9. The number of anilines is 1. The number of nitrogens with zero attached hydrogens (tertiary/aromatic N) is 4. The molecule has 0 radical (unpaired) electrons. The molecule has 2 aromatic rings. The number of carbonyl (C=O) groups is 4. The number of ether oxygens (including phenoxy) is 3. The van der Waals surface area contributed by atoms with Crippen molar-refractivity contribution in [3.8, 4) is 17.2 Å². The van der Waals surface area contributed by atoms with Crippen LogP contribution in [-0.4, -0.2) is 117 Å². The number of phenols is 2. The molecule has 5 N–H and O–H groups in total. The molecule has 1 saturated heterocycles. The van der Waals surface area contributed by atoms with Crippen LogP contribution in [0.2, 0.25) is 0 Å². The number of phenolic OH excluding ortho intramolecular Hbond substituents is 2. The summed E-state index contributed by atoms with van der Waals surface area (Å²) in [6.45, 7) is 24.4. The zero-order valence-electron chi connectivity index (χ0n) is 41.9. The average molecular weight is 958 g/mol. The molecule has 4 aliphatic rings. The number of piperidine rings is 1. The summed E-state index contributed by atoms with van der Waals surface area (Å²) in [6.07, 6.45) is 6.99. The van der Waals surface area contributed by atoms with Crippen molar-refractivity contribution in [1.29, 1.82) is 0 Å². The van der Waals surface area contributed by atoms with E-state index in [4.69, 9.17) is 24.0 Å². The number of fused-ring (bicyclic) bond motifs is 1. The molecule has 1 fully saturated rings. The van der Waals surface area contributed by atoms with Crippen LogP contribution < -0.4 is 20.8 Å². The maximum absolute atomic E-state index is 14.9. The molecule has 17 nitrogen and oxygen atoms in total. The molecule has 0 aromatic heterocycles. The first kappa shape index (κ1) is 52.7. The van der Waals surface area contributed by atoms with Gasteiger partial charge in [-0.15, -0.1) is 11.6 Å². The van der Waals surface area contributed by atoms with E-state index in [9.17, 15) is 39.6 Å². The number of Topliss-reactive ketones (excluding diaryl/α,β-unsaturated/α-hetero) is 1. The molecule has 6 rings (SSSR count). The van der Waals surface area contributed by atoms with Gasteiger partial charge >= 0.3 is 17.7 Å². The molecule has 4 aliphatic heterocycles. The van der Waals surface area contributed by atoms with Crippen LogP contribution in [-0.2, 0) is 28.7 Å². The Morgan fingerprint density at radius 1 is 1.00 bits per heavy atom. The fourth-order valence-corrected chi connectivity index (χ4v) is 9.97. The lowest BCUT2D eigenvalue weighted by atomic mass is 9.76. The van der Waals surface area contributed by atoms with Gasteiger partial charge in [0.15, 0.2) is 5.75 Å². The van der Waals surface area contributed by atoms with Crippen LogP contribution in [0.15, 0.2) is 58.8 Å². The highest BCUT2D eigenvalue weighted by Gasteiger charge is 2.51. The summed E-state index contributed by atoms with van der Waals surface area (Å²) in [7, 11) is 1.58. The number of rotatable bonds is 9. The second-order valence-electron chi connectivity index (χ2n) is 20.0. The van der Waals surface area contributed by atoms with Gasteiger partial charge in [-0.3, -0.25) is 19.4 Å². The van der Waals surface area contributed by atoms with E-state index < -0.39 is 101 Å². The number of aliphatic hydroxyl groups is 2. The Balaban J connectivity index is 1.48. The Morgan fingerprint density at radius 2 is 1.68 bits per heavy atom. The lowest BCUT2D eigenvalue weighted by Gasteiger charge is -2.38. The lowest BCUT2D eigenvalue weighted by molar-refractivity contribution is -0.188. The van der Waals surface area contributed by atoms with Crippen molar-refractivity contribution in [2.45, 2.75) is 125 Å². The standard InChI is InChI=1S/C52H71N5O12/c1-13-21-56(12)69-36(59)25-35(58)67-47-30(7)34(14-2)18-24-66-51(11)49(64)39-37-38(45(62)33(10)48(39)68-51)46(63)42(41-40(37)54-52(55-41)19-22-57(23-20-52)26-27(3)4)53-50(65)29(6)17-15-16-28(5)43(60)31(8)44(61)32(47)9/h14-18,24,27-28,30-32,34,43-44,47,54,60-63H,2,13,19-23,25-26H2,1,3-12H3/b16-15+,24-18+,29-17-,53-42?/t28-,30+,31+,32+,34-,43-,44+,47+,51-/m0/s1. The van der Waals surface area contributed by atoms with E-state index in [1.54, 1.807) is 72.9 Å². The number of amides is 1. The smallest absolute Gasteiger partial charge is 0.336 e. The minimum atomic E-state index is -2.00. The number of benzene rings is 2. The van der Waals surface area contributed by atoms with Crippen LogP contribution in [0.25, 0.3) is 10.8 Å². The molecule has 0 unspecified atom stereocenters. The normalized spacial score (nSPS) is 30.2. The number of nitrogens with one attached hydrogen (secondary N) is 1. The molecule has 1 amide bonds. The van der Waals surface area contributed by atoms with Crippen LogP contribution in [0.4, 0.5) is 5.69 Å². The van der Waals surface area contributed by atoms with Crippen molar-refractivity contribution >= 4 is 40.1 Å². The van der Waals surface area contributed by atoms with Crippen LogP contribution in [0.5, 0.6) is 17.2 Å². The molecule has 2 aromatic carbocycles. The minimum absolute atomic E-state index is 0.0292. The second kappa shape index (κ2) is 21.2. The maximum Gasteiger partial charge on any atom is 0.336 e. The Bertz CT molecular complexity index is 2560. The third-order valence-corrected chi connectivity index (χ3v) is 14.1. The third-order valence-electron chi connectivity index (χ3n) is 14.1. The van der Waals surface area contributed by atoms with Crippen molar-refractivity contribution in [1.82, 2.24) is 9.96 Å². The van der Waals surface area contributed by atoms with Crippen LogP contribution in [0.1, 0.15) is 104 Å². The van der Waals surface area contributed by atoms with Gasteiger partial charge in [0.2, 0.25) is 0 Å². The molecular weight excluding hydrogens is 887 g/mol. The van der Waals surface area contributed by atoms with E-state index in [0.29, 0.717) is 50.5 Å². The van der Waals surface area contributed by atoms with Gasteiger partial charge in [-0.1, -0.05) is 72.8 Å². The summed E-state index contributed by atoms with van der Waals surface area (Å²) >= 11 is 0. The molecule has 4 bridgehead atoms. The number of likely N-dealkylation sites (tertiary alicyclic amines) is 1. The molecule has 376 valence electrons. The first-order valence-electron chi connectivity index (χ1n) is 24.1. The third kappa shape index (κ3) is 10.8. The molecule has 69 heavy (non-hydrogen) atoms. The van der Waals surface area contributed by atoms with Crippen LogP contribution >= 0.6 is 0 Å². The molecule has 0 aliphatic carbocycles. The summed E-state index contributed by atoms with van der Waals surface area (Å²) < 4.78 is 18.5. The number of allylic oxidation sites excluding steroid dienone is 4. The average Bonchev–Trinajstić information content (AvgIpc) is 3.79. The predicted molar refractivity (Wildman–Crippen MR) is 259 cm³/mol. The van der Waals surface area contributed by atoms with Crippen molar-refractivity contribution < 1.29 is 58.7 Å². The van der Waals surface area contributed by atoms with E-state index >= 15 is 0 Å². The van der Waals surface area contributed by atoms with Gasteiger partial charge < -0.3 is 49.7 Å². The van der Waals surface area contributed by atoms with E-state index in [1.165, 1.54) is 24.3 Å². The Hall–Kier alpha value is -5.62. The van der Waals surface area contributed by atoms with Crippen molar-refractivity contribution in [2.24, 2.45) is 45.5 Å². The van der Waals surface area contributed by atoms with Crippen LogP contribution in [0.3, 0.4) is 0 Å². The Morgan fingerprint density at radius 3 is 2.32 bits per heavy atom. The summed E-state index contributed by atoms with van der Waals surface area (Å²) in [4.78, 5) is 72.2. The van der Waals surface area contributed by atoms with Gasteiger partial charge in [-0.2, -0.15) is 0 Å². The fourth-order valence-electron chi connectivity index (χ4n) is 9.97. The quantitative estimate of drug-likeness (QED) is 0.0667. The van der Waals surface area contributed by atoms with E-state index in [-0.39, 0.29) is 43.9 Å². The van der Waals surface area contributed by atoms with Crippen LogP contribution in [0, 0.1) is 42.4 Å².